The van der Waals surface area contributed by atoms with Gasteiger partial charge in [0.25, 0.3) is 5.91 Å². The molecule has 0 aliphatic rings. The van der Waals surface area contributed by atoms with Crippen LogP contribution in [0.3, 0.4) is 0 Å². The van der Waals surface area contributed by atoms with Crippen molar-refractivity contribution in [1.82, 2.24) is 5.32 Å². The van der Waals surface area contributed by atoms with Crippen LogP contribution in [0.2, 0.25) is 0 Å². The van der Waals surface area contributed by atoms with E-state index in [0.29, 0.717) is 5.03 Å². The molecular weight excluding hydrogens is 162 g/mol. The maximum Gasteiger partial charge on any atom is 0.290 e. The van der Waals surface area contributed by atoms with Crippen molar-refractivity contribution in [3.05, 3.63) is 11.6 Å². The van der Waals surface area contributed by atoms with Crippen LogP contribution in [0.1, 0.15) is 0 Å². The lowest BCUT2D eigenvalue weighted by atomic mass is 10.5. The predicted molar refractivity (Wildman–Crippen MR) is 48.3 cm³/mol. The second kappa shape index (κ2) is 4.79. The summed E-state index contributed by atoms with van der Waals surface area (Å²) in [4.78, 5) is 14.4. The van der Waals surface area contributed by atoms with Gasteiger partial charge in [0, 0.05) is 7.05 Å². The van der Waals surface area contributed by atoms with E-state index in [4.69, 9.17) is 5.73 Å². The van der Waals surface area contributed by atoms with Gasteiger partial charge in [-0.1, -0.05) is 6.58 Å². The highest BCUT2D eigenvalue weighted by Crippen LogP contribution is 2.02. The summed E-state index contributed by atoms with van der Waals surface area (Å²) in [6.45, 7) is 3.55. The lowest BCUT2D eigenvalue weighted by Gasteiger charge is -2.03. The Morgan fingerprint density at radius 1 is 1.73 bits per heavy atom. The highest BCUT2D eigenvalue weighted by molar-refractivity contribution is 8.02. The van der Waals surface area contributed by atoms with E-state index in [0.717, 1.165) is 0 Å². The standard InChI is InChI=1S/C6H11N3OS/c1-4(11-3)9-6(10)5(7)8-2/h1H2,2-3H3,(H2,7,8)(H,9,10). The molecule has 0 saturated carbocycles. The predicted octanol–water partition coefficient (Wildman–Crippen LogP) is -0.0762. The lowest BCUT2D eigenvalue weighted by Crippen LogP contribution is -2.34. The first-order valence-corrected chi connectivity index (χ1v) is 4.10. The van der Waals surface area contributed by atoms with E-state index in [9.17, 15) is 4.79 Å². The van der Waals surface area contributed by atoms with Gasteiger partial charge in [0.2, 0.25) is 0 Å². The maximum atomic E-state index is 10.9. The number of nitrogens with two attached hydrogens (primary N) is 1. The zero-order valence-electron chi connectivity index (χ0n) is 6.55. The zero-order valence-corrected chi connectivity index (χ0v) is 7.36. The van der Waals surface area contributed by atoms with E-state index in [1.54, 1.807) is 0 Å². The molecule has 3 N–H and O–H groups in total. The monoisotopic (exact) mass is 173 g/mol. The topological polar surface area (TPSA) is 67.5 Å². The summed E-state index contributed by atoms with van der Waals surface area (Å²) in [5, 5.41) is 3.01. The van der Waals surface area contributed by atoms with Gasteiger partial charge < -0.3 is 11.1 Å². The quantitative estimate of drug-likeness (QED) is 0.453. The Labute approximate surface area is 69.9 Å². The average molecular weight is 173 g/mol. The number of rotatable bonds is 2. The van der Waals surface area contributed by atoms with Crippen LogP contribution in [0.4, 0.5) is 0 Å². The number of aliphatic imine (C=N–C) groups is 1. The Hall–Kier alpha value is -0.970. The molecule has 0 aliphatic carbocycles. The maximum absolute atomic E-state index is 10.9. The third-order valence-electron chi connectivity index (χ3n) is 0.973. The van der Waals surface area contributed by atoms with Crippen molar-refractivity contribution in [2.24, 2.45) is 10.7 Å². The van der Waals surface area contributed by atoms with E-state index >= 15 is 0 Å². The first kappa shape index (κ1) is 10.0. The van der Waals surface area contributed by atoms with E-state index in [2.05, 4.69) is 16.9 Å². The summed E-state index contributed by atoms with van der Waals surface area (Å²) in [6.07, 6.45) is 1.81. The number of nitrogens with one attached hydrogen (secondary N) is 1. The summed E-state index contributed by atoms with van der Waals surface area (Å²) in [6, 6.07) is 0. The summed E-state index contributed by atoms with van der Waals surface area (Å²) >= 11 is 1.34. The minimum Gasteiger partial charge on any atom is -0.379 e. The fraction of sp³-hybridized carbons (Fsp3) is 0.333. The molecule has 0 rings (SSSR count). The van der Waals surface area contributed by atoms with Crippen molar-refractivity contribution in [3.8, 4) is 0 Å². The van der Waals surface area contributed by atoms with Gasteiger partial charge >= 0.3 is 0 Å². The summed E-state index contributed by atoms with van der Waals surface area (Å²) < 4.78 is 0. The minimum atomic E-state index is -0.410. The molecule has 0 aliphatic heterocycles. The minimum absolute atomic E-state index is 0.0415. The van der Waals surface area contributed by atoms with E-state index in [1.165, 1.54) is 18.8 Å². The Bertz CT molecular complexity index is 200. The number of hydrogen-bond acceptors (Lipinski definition) is 3. The molecule has 0 spiro atoms. The molecule has 0 bridgehead atoms. The molecule has 62 valence electrons. The van der Waals surface area contributed by atoms with Crippen molar-refractivity contribution in [3.63, 3.8) is 0 Å². The Morgan fingerprint density at radius 3 is 2.64 bits per heavy atom. The smallest absolute Gasteiger partial charge is 0.290 e. The number of nitrogens with zero attached hydrogens (tertiary/aromatic N) is 1. The number of thioether (sulfide) groups is 1. The van der Waals surface area contributed by atoms with Gasteiger partial charge in [0.15, 0.2) is 5.84 Å². The molecule has 1 amide bonds. The SMILES string of the molecule is C=C(NC(=O)C(N)=NC)SC. The van der Waals surface area contributed by atoms with Crippen LogP contribution in [-0.4, -0.2) is 25.0 Å². The largest absolute Gasteiger partial charge is 0.379 e. The van der Waals surface area contributed by atoms with Crippen molar-refractivity contribution in [2.75, 3.05) is 13.3 Å². The van der Waals surface area contributed by atoms with E-state index in [-0.39, 0.29) is 5.84 Å². The van der Waals surface area contributed by atoms with Crippen molar-refractivity contribution in [2.45, 2.75) is 0 Å². The van der Waals surface area contributed by atoms with Gasteiger partial charge in [-0.2, -0.15) is 0 Å². The number of amidine groups is 1. The molecule has 0 heterocycles. The van der Waals surface area contributed by atoms with Crippen molar-refractivity contribution >= 4 is 23.5 Å². The molecule has 0 atom stereocenters. The lowest BCUT2D eigenvalue weighted by molar-refractivity contribution is -0.114. The zero-order chi connectivity index (χ0) is 8.85. The van der Waals surface area contributed by atoms with E-state index < -0.39 is 5.91 Å². The highest BCUT2D eigenvalue weighted by atomic mass is 32.2. The second-order valence-electron chi connectivity index (χ2n) is 1.69. The molecule has 0 aromatic heterocycles. The van der Waals surface area contributed by atoms with Gasteiger partial charge in [-0.05, 0) is 6.26 Å². The third kappa shape index (κ3) is 3.67. The number of hydrogen-bond donors (Lipinski definition) is 2. The summed E-state index contributed by atoms with van der Waals surface area (Å²) in [5.74, 6) is -0.452. The van der Waals surface area contributed by atoms with Gasteiger partial charge in [0.05, 0.1) is 5.03 Å². The number of carbonyl (C=O) groups is 1. The number of amides is 1. The molecule has 11 heavy (non-hydrogen) atoms. The van der Waals surface area contributed by atoms with Crippen molar-refractivity contribution < 1.29 is 4.79 Å². The first-order chi connectivity index (χ1) is 5.11. The highest BCUT2D eigenvalue weighted by Gasteiger charge is 2.05. The first-order valence-electron chi connectivity index (χ1n) is 2.88. The van der Waals surface area contributed by atoms with Crippen LogP contribution in [0.5, 0.6) is 0 Å². The Balaban J connectivity index is 3.98. The molecule has 0 saturated heterocycles. The average Bonchev–Trinajstić information content (AvgIpc) is 2.02. The van der Waals surface area contributed by atoms with Crippen molar-refractivity contribution in [1.29, 1.82) is 0 Å². The summed E-state index contributed by atoms with van der Waals surface area (Å²) in [5.41, 5.74) is 5.21. The number of carbonyl (C=O) groups excluding carboxylic acids is 1. The molecule has 0 fully saturated rings. The van der Waals surface area contributed by atoms with Crippen LogP contribution in [0, 0.1) is 0 Å². The van der Waals surface area contributed by atoms with Crippen LogP contribution in [-0.2, 0) is 4.79 Å². The molecule has 0 aromatic carbocycles. The van der Waals surface area contributed by atoms with Gasteiger partial charge in [-0.25, -0.2) is 0 Å². The van der Waals surface area contributed by atoms with E-state index in [1.807, 2.05) is 6.26 Å². The third-order valence-corrected chi connectivity index (χ3v) is 1.57. The molecule has 0 unspecified atom stereocenters. The fourth-order valence-electron chi connectivity index (χ4n) is 0.343. The second-order valence-corrected chi connectivity index (χ2v) is 2.59. The summed E-state index contributed by atoms with van der Waals surface area (Å²) in [7, 11) is 1.46. The van der Waals surface area contributed by atoms with Crippen LogP contribution in [0.25, 0.3) is 0 Å². The van der Waals surface area contributed by atoms with Gasteiger partial charge in [0.1, 0.15) is 0 Å². The molecular formula is C6H11N3OS. The fourth-order valence-corrected chi connectivity index (χ4v) is 0.538. The normalized spacial score (nSPS) is 10.9. The van der Waals surface area contributed by atoms with Crippen LogP contribution < -0.4 is 11.1 Å². The van der Waals surface area contributed by atoms with Gasteiger partial charge in [-0.3, -0.25) is 9.79 Å². The van der Waals surface area contributed by atoms with Crippen LogP contribution >= 0.6 is 11.8 Å². The van der Waals surface area contributed by atoms with Crippen LogP contribution in [0.15, 0.2) is 16.6 Å². The van der Waals surface area contributed by atoms with Gasteiger partial charge in [-0.15, -0.1) is 11.8 Å². The molecule has 0 radical (unpaired) electrons. The Kier molecular flexibility index (Phi) is 4.36. The Morgan fingerprint density at radius 2 is 2.27 bits per heavy atom. The molecule has 4 nitrogen and oxygen atoms in total. The molecule has 0 aromatic rings. The molecule has 5 heteroatoms.